The fourth-order valence-electron chi connectivity index (χ4n) is 3.19. The summed E-state index contributed by atoms with van der Waals surface area (Å²) in [5.74, 6) is 0.137. The molecule has 2 heterocycles. The molecule has 1 aliphatic carbocycles. The number of amides is 1. The van der Waals surface area contributed by atoms with E-state index in [2.05, 4.69) is 14.3 Å². The van der Waals surface area contributed by atoms with Gasteiger partial charge >= 0.3 is 0 Å². The van der Waals surface area contributed by atoms with Crippen molar-refractivity contribution in [3.05, 3.63) is 0 Å². The zero-order valence-corrected chi connectivity index (χ0v) is 12.1. The van der Waals surface area contributed by atoms with Crippen LogP contribution in [0.1, 0.15) is 38.5 Å². The summed E-state index contributed by atoms with van der Waals surface area (Å²) in [6.45, 7) is 2.74. The van der Waals surface area contributed by atoms with Crippen molar-refractivity contribution in [3.8, 4) is 0 Å². The summed E-state index contributed by atoms with van der Waals surface area (Å²) in [6.07, 6.45) is 7.79. The van der Waals surface area contributed by atoms with Gasteiger partial charge in [0.05, 0.1) is 18.8 Å². The highest BCUT2D eigenvalue weighted by atomic mass is 32.2. The van der Waals surface area contributed by atoms with Crippen LogP contribution in [0.4, 0.5) is 0 Å². The standard InChI is InChI=1S/C13H23N3O2S/c17-13-9-16(19-15-13)10-1-3-11(4-2-10)18-12-5-7-14-8-6-12/h10-12,14H,1-9H2,(H,15,17). The third-order valence-electron chi connectivity index (χ3n) is 4.30. The van der Waals surface area contributed by atoms with E-state index in [1.807, 2.05) is 0 Å². The number of carbonyl (C=O) groups excluding carboxylic acids is 1. The van der Waals surface area contributed by atoms with Crippen molar-refractivity contribution < 1.29 is 9.53 Å². The van der Waals surface area contributed by atoms with Crippen LogP contribution in [0.15, 0.2) is 0 Å². The van der Waals surface area contributed by atoms with Crippen molar-refractivity contribution >= 4 is 18.0 Å². The van der Waals surface area contributed by atoms with Crippen LogP contribution in [-0.4, -0.2) is 48.1 Å². The highest BCUT2D eigenvalue weighted by Crippen LogP contribution is 2.30. The minimum absolute atomic E-state index is 0.137. The second-order valence-corrected chi connectivity index (χ2v) is 6.56. The molecule has 2 N–H and O–H groups in total. The lowest BCUT2D eigenvalue weighted by Gasteiger charge is -2.35. The number of rotatable bonds is 3. The quantitative estimate of drug-likeness (QED) is 0.760. The maximum Gasteiger partial charge on any atom is 0.246 e. The smallest absolute Gasteiger partial charge is 0.246 e. The molecule has 0 radical (unpaired) electrons. The molecule has 108 valence electrons. The van der Waals surface area contributed by atoms with Gasteiger partial charge in [0.15, 0.2) is 0 Å². The van der Waals surface area contributed by atoms with Gasteiger partial charge in [0.25, 0.3) is 0 Å². The molecule has 3 fully saturated rings. The summed E-state index contributed by atoms with van der Waals surface area (Å²) in [5.41, 5.74) is 0. The topological polar surface area (TPSA) is 53.6 Å². The normalized spacial score (nSPS) is 34.4. The highest BCUT2D eigenvalue weighted by molar-refractivity contribution is 7.96. The van der Waals surface area contributed by atoms with Gasteiger partial charge in [-0.3, -0.25) is 9.52 Å². The second kappa shape index (κ2) is 6.43. The molecule has 1 amide bonds. The SMILES string of the molecule is O=C1CN(C2CCC(OC3CCNCC3)CC2)SN1. The van der Waals surface area contributed by atoms with Crippen molar-refractivity contribution in [1.82, 2.24) is 14.3 Å². The lowest BCUT2D eigenvalue weighted by atomic mass is 9.92. The Morgan fingerprint density at radius 3 is 2.37 bits per heavy atom. The molecule has 0 aromatic heterocycles. The lowest BCUT2D eigenvalue weighted by Crippen LogP contribution is -2.38. The second-order valence-electron chi connectivity index (χ2n) is 5.71. The Labute approximate surface area is 119 Å². The van der Waals surface area contributed by atoms with E-state index in [9.17, 15) is 4.79 Å². The first-order valence-corrected chi connectivity index (χ1v) is 8.17. The van der Waals surface area contributed by atoms with E-state index in [0.717, 1.165) is 51.6 Å². The third kappa shape index (κ3) is 3.62. The average Bonchev–Trinajstić information content (AvgIpc) is 2.87. The lowest BCUT2D eigenvalue weighted by molar-refractivity contribution is -0.118. The molecular weight excluding hydrogens is 262 g/mol. The summed E-state index contributed by atoms with van der Waals surface area (Å²) < 4.78 is 11.2. The van der Waals surface area contributed by atoms with E-state index < -0.39 is 0 Å². The monoisotopic (exact) mass is 285 g/mol. The van der Waals surface area contributed by atoms with Crippen molar-refractivity contribution in [1.29, 1.82) is 0 Å². The summed E-state index contributed by atoms with van der Waals surface area (Å²) in [4.78, 5) is 11.2. The van der Waals surface area contributed by atoms with Gasteiger partial charge in [-0.25, -0.2) is 4.31 Å². The summed E-state index contributed by atoms with van der Waals surface area (Å²) in [6, 6.07) is 0.539. The number of hydrogen-bond acceptors (Lipinski definition) is 5. The number of carbonyl (C=O) groups is 1. The minimum Gasteiger partial charge on any atom is -0.375 e. The van der Waals surface area contributed by atoms with E-state index in [1.165, 1.54) is 12.1 Å². The molecule has 6 heteroatoms. The fraction of sp³-hybridized carbons (Fsp3) is 0.923. The molecule has 19 heavy (non-hydrogen) atoms. The molecule has 0 bridgehead atoms. The molecule has 0 unspecified atom stereocenters. The molecular formula is C13H23N3O2S. The van der Waals surface area contributed by atoms with Crippen molar-refractivity contribution in [2.45, 2.75) is 56.8 Å². The van der Waals surface area contributed by atoms with Crippen molar-refractivity contribution in [3.63, 3.8) is 0 Å². The summed E-state index contributed by atoms with van der Waals surface area (Å²) in [7, 11) is 0. The third-order valence-corrected chi connectivity index (χ3v) is 5.28. The van der Waals surface area contributed by atoms with Gasteiger partial charge < -0.3 is 10.1 Å². The van der Waals surface area contributed by atoms with E-state index in [1.54, 1.807) is 0 Å². The minimum atomic E-state index is 0.137. The van der Waals surface area contributed by atoms with E-state index >= 15 is 0 Å². The number of piperidine rings is 1. The first-order valence-electron chi connectivity index (χ1n) is 7.40. The summed E-state index contributed by atoms with van der Waals surface area (Å²) in [5, 5.41) is 3.37. The van der Waals surface area contributed by atoms with Crippen LogP contribution in [0, 0.1) is 0 Å². The number of nitrogens with one attached hydrogen (secondary N) is 2. The average molecular weight is 285 g/mol. The predicted octanol–water partition coefficient (Wildman–Crippen LogP) is 1.06. The Bertz CT molecular complexity index is 315. The van der Waals surface area contributed by atoms with Gasteiger partial charge in [0.1, 0.15) is 0 Å². The molecule has 0 aromatic carbocycles. The number of ether oxygens (including phenoxy) is 1. The largest absolute Gasteiger partial charge is 0.375 e. The van der Waals surface area contributed by atoms with Crippen LogP contribution >= 0.6 is 12.1 Å². The van der Waals surface area contributed by atoms with E-state index in [0.29, 0.717) is 24.8 Å². The molecule has 2 aliphatic heterocycles. The molecule has 5 nitrogen and oxygen atoms in total. The first-order chi connectivity index (χ1) is 9.31. The van der Waals surface area contributed by atoms with E-state index in [4.69, 9.17) is 4.74 Å². The van der Waals surface area contributed by atoms with Crippen LogP contribution in [0.5, 0.6) is 0 Å². The van der Waals surface area contributed by atoms with E-state index in [-0.39, 0.29) is 5.91 Å². The van der Waals surface area contributed by atoms with Gasteiger partial charge in [0.2, 0.25) is 5.91 Å². The highest BCUT2D eigenvalue weighted by Gasteiger charge is 2.32. The maximum atomic E-state index is 11.2. The van der Waals surface area contributed by atoms with Gasteiger partial charge in [0, 0.05) is 18.2 Å². The Morgan fingerprint density at radius 2 is 1.74 bits per heavy atom. The summed E-state index contributed by atoms with van der Waals surface area (Å²) >= 11 is 1.48. The maximum absolute atomic E-state index is 11.2. The number of hydrogen-bond donors (Lipinski definition) is 2. The molecule has 1 saturated carbocycles. The Morgan fingerprint density at radius 1 is 1.05 bits per heavy atom. The van der Waals surface area contributed by atoms with Gasteiger partial charge in [-0.1, -0.05) is 0 Å². The van der Waals surface area contributed by atoms with Crippen molar-refractivity contribution in [2.75, 3.05) is 19.6 Å². The van der Waals surface area contributed by atoms with Gasteiger partial charge in [-0.15, -0.1) is 0 Å². The molecule has 0 atom stereocenters. The zero-order valence-electron chi connectivity index (χ0n) is 11.3. The van der Waals surface area contributed by atoms with Gasteiger partial charge in [-0.05, 0) is 51.6 Å². The van der Waals surface area contributed by atoms with Crippen LogP contribution < -0.4 is 10.0 Å². The van der Waals surface area contributed by atoms with Crippen LogP contribution in [0.25, 0.3) is 0 Å². The molecule has 0 aromatic rings. The zero-order chi connectivity index (χ0) is 13.1. The molecule has 2 saturated heterocycles. The molecule has 3 rings (SSSR count). The van der Waals surface area contributed by atoms with Crippen LogP contribution in [-0.2, 0) is 9.53 Å². The van der Waals surface area contributed by atoms with Crippen LogP contribution in [0.3, 0.4) is 0 Å². The fourth-order valence-corrected chi connectivity index (χ4v) is 4.02. The first kappa shape index (κ1) is 13.7. The molecule has 0 spiro atoms. The van der Waals surface area contributed by atoms with Crippen molar-refractivity contribution in [2.24, 2.45) is 0 Å². The Kier molecular flexibility index (Phi) is 4.63. The Hall–Kier alpha value is -0.300. The number of nitrogens with zero attached hydrogens (tertiary/aromatic N) is 1. The Balaban J connectivity index is 1.40. The van der Waals surface area contributed by atoms with Crippen LogP contribution in [0.2, 0.25) is 0 Å². The predicted molar refractivity (Wildman–Crippen MR) is 75.5 cm³/mol. The molecule has 3 aliphatic rings. The van der Waals surface area contributed by atoms with Gasteiger partial charge in [-0.2, -0.15) is 0 Å².